The highest BCUT2D eigenvalue weighted by Crippen LogP contribution is 2.42. The first-order chi connectivity index (χ1) is 15.0. The van der Waals surface area contributed by atoms with Gasteiger partial charge in [-0.2, -0.15) is 0 Å². The summed E-state index contributed by atoms with van der Waals surface area (Å²) in [5.74, 6) is -1.13. The quantitative estimate of drug-likeness (QED) is 0.378. The maximum absolute atomic E-state index is 13.1. The largest absolute Gasteiger partial charge is 0.507 e. The summed E-state index contributed by atoms with van der Waals surface area (Å²) in [6.07, 6.45) is 3.17. The number of rotatable bonds is 5. The Morgan fingerprint density at radius 1 is 1.03 bits per heavy atom. The van der Waals surface area contributed by atoms with Crippen LogP contribution in [-0.2, 0) is 9.59 Å². The predicted octanol–water partition coefficient (Wildman–Crippen LogP) is 4.50. The first-order valence-corrected chi connectivity index (χ1v) is 10.0. The lowest BCUT2D eigenvalue weighted by molar-refractivity contribution is -0.132. The standard InChI is InChI=1S/C25H22N2O4/c1-16(2)31-20-12-6-8-17(14-20)23(28)21-22(18-9-7-13-26-15-18)27(25(30)24(21)29)19-10-4-3-5-11-19/h3-16,22,28H,1-2H3/b23-21-. The van der Waals surface area contributed by atoms with E-state index in [9.17, 15) is 14.7 Å². The van der Waals surface area contributed by atoms with Crippen molar-refractivity contribution in [2.24, 2.45) is 0 Å². The van der Waals surface area contributed by atoms with Crippen LogP contribution in [0.5, 0.6) is 5.75 Å². The third-order valence-corrected chi connectivity index (χ3v) is 4.96. The molecule has 0 bridgehead atoms. The molecule has 1 saturated heterocycles. The van der Waals surface area contributed by atoms with Gasteiger partial charge >= 0.3 is 0 Å². The number of aliphatic hydroxyl groups excluding tert-OH is 1. The molecule has 1 unspecified atom stereocenters. The summed E-state index contributed by atoms with van der Waals surface area (Å²) in [4.78, 5) is 31.7. The maximum Gasteiger partial charge on any atom is 0.300 e. The molecule has 1 fully saturated rings. The lowest BCUT2D eigenvalue weighted by Gasteiger charge is -2.25. The lowest BCUT2D eigenvalue weighted by atomic mass is 9.96. The summed E-state index contributed by atoms with van der Waals surface area (Å²) in [6.45, 7) is 3.81. The van der Waals surface area contributed by atoms with Gasteiger partial charge in [0.15, 0.2) is 0 Å². The smallest absolute Gasteiger partial charge is 0.300 e. The van der Waals surface area contributed by atoms with Crippen LogP contribution in [0.3, 0.4) is 0 Å². The molecule has 1 atom stereocenters. The van der Waals surface area contributed by atoms with Crippen LogP contribution >= 0.6 is 0 Å². The van der Waals surface area contributed by atoms with E-state index in [1.54, 1.807) is 73.1 Å². The van der Waals surface area contributed by atoms with Gasteiger partial charge in [0.25, 0.3) is 11.7 Å². The van der Waals surface area contributed by atoms with Gasteiger partial charge in [-0.15, -0.1) is 0 Å². The first kappa shape index (κ1) is 20.3. The molecular weight excluding hydrogens is 392 g/mol. The van der Waals surface area contributed by atoms with E-state index >= 15 is 0 Å². The minimum Gasteiger partial charge on any atom is -0.507 e. The number of hydrogen-bond acceptors (Lipinski definition) is 5. The second kappa shape index (κ2) is 8.44. The molecule has 4 rings (SSSR count). The van der Waals surface area contributed by atoms with Gasteiger partial charge in [0.1, 0.15) is 11.5 Å². The Balaban J connectivity index is 1.89. The number of carbonyl (C=O) groups is 2. The van der Waals surface area contributed by atoms with Gasteiger partial charge < -0.3 is 9.84 Å². The van der Waals surface area contributed by atoms with Crippen LogP contribution in [-0.4, -0.2) is 27.9 Å². The average molecular weight is 414 g/mol. The van der Waals surface area contributed by atoms with Crippen molar-refractivity contribution in [1.29, 1.82) is 0 Å². The summed E-state index contributed by atoms with van der Waals surface area (Å²) < 4.78 is 5.71. The number of Topliss-reactive ketones (excluding diaryl/α,β-unsaturated/α-hetero) is 1. The van der Waals surface area contributed by atoms with Gasteiger partial charge in [-0.3, -0.25) is 19.5 Å². The first-order valence-electron chi connectivity index (χ1n) is 10.0. The number of benzene rings is 2. The zero-order valence-electron chi connectivity index (χ0n) is 17.2. The lowest BCUT2D eigenvalue weighted by Crippen LogP contribution is -2.29. The minimum atomic E-state index is -0.800. The molecular formula is C25H22N2O4. The molecule has 3 aromatic rings. The second-order valence-electron chi connectivity index (χ2n) is 7.49. The SMILES string of the molecule is CC(C)Oc1cccc(/C(O)=C2/C(=O)C(=O)N(c3ccccc3)C2c2cccnc2)c1. The molecule has 1 aromatic heterocycles. The second-order valence-corrected chi connectivity index (χ2v) is 7.49. The molecule has 1 amide bonds. The third kappa shape index (κ3) is 3.92. The molecule has 31 heavy (non-hydrogen) atoms. The van der Waals surface area contributed by atoms with Crippen LogP contribution < -0.4 is 9.64 Å². The van der Waals surface area contributed by atoms with Gasteiger partial charge in [0.05, 0.1) is 17.7 Å². The average Bonchev–Trinajstić information content (AvgIpc) is 3.05. The zero-order chi connectivity index (χ0) is 22.0. The molecule has 0 spiro atoms. The monoisotopic (exact) mass is 414 g/mol. The molecule has 0 aliphatic carbocycles. The zero-order valence-corrected chi connectivity index (χ0v) is 17.2. The number of aromatic nitrogens is 1. The summed E-state index contributed by atoms with van der Waals surface area (Å²) in [5, 5.41) is 11.2. The molecule has 6 heteroatoms. The summed E-state index contributed by atoms with van der Waals surface area (Å²) in [7, 11) is 0. The number of carbonyl (C=O) groups excluding carboxylic acids is 2. The number of ketones is 1. The summed E-state index contributed by atoms with van der Waals surface area (Å²) >= 11 is 0. The van der Waals surface area contributed by atoms with Crippen LogP contribution in [0.2, 0.25) is 0 Å². The van der Waals surface area contributed by atoms with Gasteiger partial charge in [0.2, 0.25) is 0 Å². The van der Waals surface area contributed by atoms with Crippen molar-refractivity contribution in [3.05, 3.63) is 95.8 Å². The normalized spacial score (nSPS) is 17.9. The Hall–Kier alpha value is -3.93. The van der Waals surface area contributed by atoms with Crippen molar-refractivity contribution in [2.45, 2.75) is 26.0 Å². The fraction of sp³-hybridized carbons (Fsp3) is 0.160. The minimum absolute atomic E-state index is 0.0172. The number of aliphatic hydroxyl groups is 1. The van der Waals surface area contributed by atoms with Crippen molar-refractivity contribution in [3.63, 3.8) is 0 Å². The van der Waals surface area contributed by atoms with E-state index in [0.29, 0.717) is 22.6 Å². The number of amides is 1. The Bertz CT molecular complexity index is 1140. The van der Waals surface area contributed by atoms with E-state index in [1.807, 2.05) is 19.9 Å². The van der Waals surface area contributed by atoms with Gasteiger partial charge in [-0.1, -0.05) is 36.4 Å². The molecule has 1 aliphatic heterocycles. The van der Waals surface area contributed by atoms with Crippen molar-refractivity contribution in [3.8, 4) is 5.75 Å². The van der Waals surface area contributed by atoms with E-state index in [-0.39, 0.29) is 17.4 Å². The highest BCUT2D eigenvalue weighted by molar-refractivity contribution is 6.51. The fourth-order valence-electron chi connectivity index (χ4n) is 3.68. The van der Waals surface area contributed by atoms with Gasteiger partial charge in [0, 0.05) is 23.6 Å². The summed E-state index contributed by atoms with van der Waals surface area (Å²) in [5.41, 5.74) is 1.61. The molecule has 2 aromatic carbocycles. The van der Waals surface area contributed by atoms with Gasteiger partial charge in [-0.05, 0) is 49.7 Å². The molecule has 1 N–H and O–H groups in total. The topological polar surface area (TPSA) is 79.7 Å². The van der Waals surface area contributed by atoms with Crippen LogP contribution in [0.25, 0.3) is 5.76 Å². The summed E-state index contributed by atoms with van der Waals surface area (Å²) in [6, 6.07) is 18.5. The number of hydrogen-bond donors (Lipinski definition) is 1. The molecule has 6 nitrogen and oxygen atoms in total. The van der Waals surface area contributed by atoms with Crippen molar-refractivity contribution < 1.29 is 19.4 Å². The molecule has 156 valence electrons. The van der Waals surface area contributed by atoms with Crippen molar-refractivity contribution in [2.75, 3.05) is 4.90 Å². The van der Waals surface area contributed by atoms with Crippen molar-refractivity contribution >= 4 is 23.1 Å². The molecule has 0 saturated carbocycles. The number of pyridine rings is 1. The number of anilines is 1. The Labute approximate surface area is 180 Å². The predicted molar refractivity (Wildman–Crippen MR) is 118 cm³/mol. The Morgan fingerprint density at radius 2 is 1.81 bits per heavy atom. The maximum atomic E-state index is 13.1. The van der Waals surface area contributed by atoms with Gasteiger partial charge in [-0.25, -0.2) is 0 Å². The number of para-hydroxylation sites is 1. The van der Waals surface area contributed by atoms with Crippen LogP contribution in [0.15, 0.2) is 84.7 Å². The number of nitrogens with zero attached hydrogens (tertiary/aromatic N) is 2. The Morgan fingerprint density at radius 3 is 2.48 bits per heavy atom. The van der Waals surface area contributed by atoms with E-state index in [4.69, 9.17) is 4.74 Å². The van der Waals surface area contributed by atoms with E-state index in [1.165, 1.54) is 4.90 Å². The van der Waals surface area contributed by atoms with E-state index in [0.717, 1.165) is 0 Å². The highest BCUT2D eigenvalue weighted by atomic mass is 16.5. The number of ether oxygens (including phenoxy) is 1. The fourth-order valence-corrected chi connectivity index (χ4v) is 3.68. The Kier molecular flexibility index (Phi) is 5.54. The van der Waals surface area contributed by atoms with E-state index in [2.05, 4.69) is 4.98 Å². The highest BCUT2D eigenvalue weighted by Gasteiger charge is 2.47. The third-order valence-electron chi connectivity index (χ3n) is 4.96. The van der Waals surface area contributed by atoms with Crippen molar-refractivity contribution in [1.82, 2.24) is 4.98 Å². The van der Waals surface area contributed by atoms with Crippen LogP contribution in [0, 0.1) is 0 Å². The van der Waals surface area contributed by atoms with Crippen LogP contribution in [0.1, 0.15) is 31.0 Å². The molecule has 1 aliphatic rings. The van der Waals surface area contributed by atoms with E-state index < -0.39 is 17.7 Å². The molecule has 0 radical (unpaired) electrons. The molecule has 2 heterocycles. The van der Waals surface area contributed by atoms with Crippen LogP contribution in [0.4, 0.5) is 5.69 Å².